The number of benzene rings is 1. The molecule has 0 aliphatic heterocycles. The van der Waals surface area contributed by atoms with Gasteiger partial charge in [0.2, 0.25) is 0 Å². The van der Waals surface area contributed by atoms with Crippen LogP contribution in [0.15, 0.2) is 24.3 Å². The molecule has 0 aliphatic rings. The summed E-state index contributed by atoms with van der Waals surface area (Å²) in [6.45, 7) is 0.824. The maximum absolute atomic E-state index is 11.5. The van der Waals surface area contributed by atoms with Crippen molar-refractivity contribution >= 4 is 23.2 Å². The predicted molar refractivity (Wildman–Crippen MR) is 71.2 cm³/mol. The number of nitrogens with zero attached hydrogens (tertiary/aromatic N) is 1. The normalized spacial score (nSPS) is 9.85. The fourth-order valence-electron chi connectivity index (χ4n) is 1.35. The maximum atomic E-state index is 11.5. The number of nitro groups is 1. The number of rotatable bonds is 6. The number of carbonyl (C=O) groups is 2. The van der Waals surface area contributed by atoms with E-state index < -0.39 is 16.7 Å². The number of ether oxygens (including phenoxy) is 1. The van der Waals surface area contributed by atoms with Crippen LogP contribution in [-0.2, 0) is 14.3 Å². The van der Waals surface area contributed by atoms with Crippen molar-refractivity contribution in [3.05, 3.63) is 34.4 Å². The number of carbonyl (C=O) groups excluding carboxylic acids is 2. The fourth-order valence-corrected chi connectivity index (χ4v) is 1.35. The Balaban J connectivity index is 2.44. The first-order valence-electron chi connectivity index (χ1n) is 5.87. The van der Waals surface area contributed by atoms with Gasteiger partial charge in [-0.05, 0) is 18.6 Å². The van der Waals surface area contributed by atoms with Gasteiger partial charge >= 0.3 is 11.8 Å². The van der Waals surface area contributed by atoms with Gasteiger partial charge in [0.05, 0.1) is 4.92 Å². The van der Waals surface area contributed by atoms with E-state index in [-0.39, 0.29) is 5.69 Å². The van der Waals surface area contributed by atoms with Gasteiger partial charge in [0, 0.05) is 38.1 Å². The smallest absolute Gasteiger partial charge is 0.313 e. The van der Waals surface area contributed by atoms with Crippen LogP contribution in [0, 0.1) is 10.1 Å². The Morgan fingerprint density at radius 2 is 1.90 bits per heavy atom. The van der Waals surface area contributed by atoms with Crippen molar-refractivity contribution in [2.24, 2.45) is 0 Å². The van der Waals surface area contributed by atoms with Gasteiger partial charge in [-0.1, -0.05) is 0 Å². The summed E-state index contributed by atoms with van der Waals surface area (Å²) in [7, 11) is 1.54. The summed E-state index contributed by atoms with van der Waals surface area (Å²) in [5.41, 5.74) is 0.222. The molecule has 20 heavy (non-hydrogen) atoms. The zero-order valence-electron chi connectivity index (χ0n) is 10.9. The highest BCUT2D eigenvalue weighted by Crippen LogP contribution is 2.15. The quantitative estimate of drug-likeness (QED) is 0.345. The summed E-state index contributed by atoms with van der Waals surface area (Å²) in [5, 5.41) is 15.2. The number of non-ortho nitro benzene ring substituents is 1. The van der Waals surface area contributed by atoms with Crippen LogP contribution in [0.3, 0.4) is 0 Å². The first-order valence-corrected chi connectivity index (χ1v) is 5.87. The molecule has 0 saturated carbocycles. The van der Waals surface area contributed by atoms with Gasteiger partial charge in [0.15, 0.2) is 0 Å². The molecule has 8 nitrogen and oxygen atoms in total. The Hall–Kier alpha value is -2.48. The van der Waals surface area contributed by atoms with E-state index in [0.717, 1.165) is 0 Å². The van der Waals surface area contributed by atoms with Crippen LogP contribution in [0.5, 0.6) is 0 Å². The third-order valence-electron chi connectivity index (χ3n) is 2.35. The van der Waals surface area contributed by atoms with Gasteiger partial charge in [-0.3, -0.25) is 19.7 Å². The van der Waals surface area contributed by atoms with Crippen molar-refractivity contribution in [1.82, 2.24) is 5.32 Å². The van der Waals surface area contributed by atoms with Gasteiger partial charge in [-0.25, -0.2) is 0 Å². The number of amides is 2. The lowest BCUT2D eigenvalue weighted by atomic mass is 10.3. The highest BCUT2D eigenvalue weighted by atomic mass is 16.6. The first kappa shape index (κ1) is 15.6. The second kappa shape index (κ2) is 7.85. The molecule has 0 heterocycles. The van der Waals surface area contributed by atoms with Crippen molar-refractivity contribution in [2.75, 3.05) is 25.6 Å². The van der Waals surface area contributed by atoms with E-state index in [1.54, 1.807) is 7.11 Å². The molecule has 0 atom stereocenters. The van der Waals surface area contributed by atoms with Crippen LogP contribution in [-0.4, -0.2) is 37.0 Å². The van der Waals surface area contributed by atoms with Gasteiger partial charge < -0.3 is 15.4 Å². The minimum absolute atomic E-state index is 0.0907. The molecule has 0 fully saturated rings. The summed E-state index contributed by atoms with van der Waals surface area (Å²) in [4.78, 5) is 32.8. The molecule has 0 saturated heterocycles. The molecule has 2 amide bonds. The minimum Gasteiger partial charge on any atom is -0.385 e. The standard InChI is InChI=1S/C12H15N3O5/c1-20-8-2-7-13-11(16)12(17)14-9-3-5-10(6-4-9)15(18)19/h3-6H,2,7-8H2,1H3,(H,13,16)(H,14,17). The number of nitro benzene ring substituents is 1. The van der Waals surface area contributed by atoms with E-state index >= 15 is 0 Å². The molecule has 1 rings (SSSR count). The molecule has 1 aromatic rings. The molecule has 0 spiro atoms. The Kier molecular flexibility index (Phi) is 6.11. The van der Waals surface area contributed by atoms with Crippen LogP contribution in [0.1, 0.15) is 6.42 Å². The largest absolute Gasteiger partial charge is 0.385 e. The van der Waals surface area contributed by atoms with Crippen molar-refractivity contribution in [3.63, 3.8) is 0 Å². The van der Waals surface area contributed by atoms with Crippen molar-refractivity contribution in [2.45, 2.75) is 6.42 Å². The molecule has 0 aliphatic carbocycles. The molecule has 0 bridgehead atoms. The fraction of sp³-hybridized carbons (Fsp3) is 0.333. The van der Waals surface area contributed by atoms with E-state index in [2.05, 4.69) is 10.6 Å². The average Bonchev–Trinajstić information content (AvgIpc) is 2.44. The van der Waals surface area contributed by atoms with Crippen LogP contribution >= 0.6 is 0 Å². The zero-order chi connectivity index (χ0) is 15.0. The summed E-state index contributed by atoms with van der Waals surface area (Å²) < 4.78 is 4.80. The Labute approximate surface area is 115 Å². The van der Waals surface area contributed by atoms with E-state index in [1.807, 2.05) is 0 Å². The van der Waals surface area contributed by atoms with Gasteiger partial charge in [-0.2, -0.15) is 0 Å². The summed E-state index contributed by atoms with van der Waals surface area (Å²) >= 11 is 0. The van der Waals surface area contributed by atoms with Crippen LogP contribution in [0.25, 0.3) is 0 Å². The third-order valence-corrected chi connectivity index (χ3v) is 2.35. The van der Waals surface area contributed by atoms with E-state index in [0.29, 0.717) is 25.3 Å². The van der Waals surface area contributed by atoms with Crippen molar-refractivity contribution < 1.29 is 19.2 Å². The molecule has 0 unspecified atom stereocenters. The van der Waals surface area contributed by atoms with Crippen LogP contribution in [0.2, 0.25) is 0 Å². The molecule has 1 aromatic carbocycles. The molecule has 108 valence electrons. The zero-order valence-corrected chi connectivity index (χ0v) is 10.9. The second-order valence-corrected chi connectivity index (χ2v) is 3.86. The van der Waals surface area contributed by atoms with Crippen molar-refractivity contribution in [1.29, 1.82) is 0 Å². The second-order valence-electron chi connectivity index (χ2n) is 3.86. The van der Waals surface area contributed by atoms with Crippen LogP contribution < -0.4 is 10.6 Å². The number of anilines is 1. The highest BCUT2D eigenvalue weighted by Gasteiger charge is 2.13. The summed E-state index contributed by atoms with van der Waals surface area (Å²) in [5.74, 6) is -1.59. The predicted octanol–water partition coefficient (Wildman–Crippen LogP) is 0.686. The minimum atomic E-state index is -0.823. The first-order chi connectivity index (χ1) is 9.54. The maximum Gasteiger partial charge on any atom is 0.313 e. The average molecular weight is 281 g/mol. The molecule has 2 N–H and O–H groups in total. The number of methoxy groups -OCH3 is 1. The summed E-state index contributed by atoms with van der Waals surface area (Å²) in [6.07, 6.45) is 0.604. The molecule has 0 aromatic heterocycles. The number of nitrogens with one attached hydrogen (secondary N) is 2. The number of hydrogen-bond donors (Lipinski definition) is 2. The van der Waals surface area contributed by atoms with E-state index in [9.17, 15) is 19.7 Å². The monoisotopic (exact) mass is 281 g/mol. The topological polar surface area (TPSA) is 111 Å². The van der Waals surface area contributed by atoms with Crippen LogP contribution in [0.4, 0.5) is 11.4 Å². The number of hydrogen-bond acceptors (Lipinski definition) is 5. The van der Waals surface area contributed by atoms with Crippen molar-refractivity contribution in [3.8, 4) is 0 Å². The lowest BCUT2D eigenvalue weighted by Gasteiger charge is -2.06. The molecular weight excluding hydrogens is 266 g/mol. The Morgan fingerprint density at radius 3 is 2.45 bits per heavy atom. The molecule has 8 heteroatoms. The van der Waals surface area contributed by atoms with Gasteiger partial charge in [-0.15, -0.1) is 0 Å². The Morgan fingerprint density at radius 1 is 1.25 bits per heavy atom. The lowest BCUT2D eigenvalue weighted by Crippen LogP contribution is -2.36. The van der Waals surface area contributed by atoms with Gasteiger partial charge in [0.1, 0.15) is 0 Å². The highest BCUT2D eigenvalue weighted by molar-refractivity contribution is 6.39. The molecular formula is C12H15N3O5. The van der Waals surface area contributed by atoms with E-state index in [4.69, 9.17) is 4.74 Å². The molecule has 0 radical (unpaired) electrons. The SMILES string of the molecule is COCCCNC(=O)C(=O)Nc1ccc([N+](=O)[O-])cc1. The van der Waals surface area contributed by atoms with E-state index in [1.165, 1.54) is 24.3 Å². The Bertz CT molecular complexity index is 486. The third kappa shape index (κ3) is 5.02. The van der Waals surface area contributed by atoms with Gasteiger partial charge in [0.25, 0.3) is 5.69 Å². The summed E-state index contributed by atoms with van der Waals surface area (Å²) in [6, 6.07) is 5.20. The lowest BCUT2D eigenvalue weighted by molar-refractivity contribution is -0.384.